The zero-order valence-corrected chi connectivity index (χ0v) is 14.8. The lowest BCUT2D eigenvalue weighted by atomic mass is 10.0. The number of aromatic nitrogens is 2. The molecule has 0 saturated carbocycles. The van der Waals surface area contributed by atoms with E-state index in [-0.39, 0.29) is 0 Å². The summed E-state index contributed by atoms with van der Waals surface area (Å²) in [6.45, 7) is 4.44. The van der Waals surface area contributed by atoms with E-state index in [0.717, 1.165) is 47.7 Å². The summed E-state index contributed by atoms with van der Waals surface area (Å²) in [6, 6.07) is 11.8. The summed E-state index contributed by atoms with van der Waals surface area (Å²) in [7, 11) is 0. The molecule has 0 radical (unpaired) electrons. The van der Waals surface area contributed by atoms with E-state index >= 15 is 0 Å². The molecule has 4 rings (SSSR count). The second-order valence-corrected chi connectivity index (χ2v) is 7.04. The summed E-state index contributed by atoms with van der Waals surface area (Å²) in [5, 5.41) is 9.65. The van der Waals surface area contributed by atoms with Crippen LogP contribution in [0.1, 0.15) is 25.5 Å². The van der Waals surface area contributed by atoms with Gasteiger partial charge in [0, 0.05) is 30.5 Å². The van der Waals surface area contributed by atoms with Gasteiger partial charge in [0.05, 0.1) is 11.2 Å². The number of nitrogens with zero attached hydrogens (tertiary/aromatic N) is 3. The first-order valence-electron chi connectivity index (χ1n) is 9.05. The van der Waals surface area contributed by atoms with E-state index in [4.69, 9.17) is 0 Å². The molecule has 0 bridgehead atoms. The molecule has 1 aliphatic heterocycles. The Bertz CT molecular complexity index is 921. The smallest absolute Gasteiger partial charge is 0.126 e. The topological polar surface area (TPSA) is 29.0 Å². The maximum Gasteiger partial charge on any atom is 0.126 e. The van der Waals surface area contributed by atoms with Crippen LogP contribution in [0.2, 0.25) is 0 Å². The molecular weight excluding hydrogens is 332 g/mol. The highest BCUT2D eigenvalue weighted by Gasteiger charge is 2.19. The van der Waals surface area contributed by atoms with E-state index in [9.17, 15) is 8.78 Å². The average Bonchev–Trinajstić information content (AvgIpc) is 3.03. The molecule has 3 aromatic rings. The van der Waals surface area contributed by atoms with Crippen LogP contribution in [0.4, 0.5) is 8.78 Å². The molecule has 0 unspecified atom stereocenters. The average molecular weight is 353 g/mol. The van der Waals surface area contributed by atoms with Gasteiger partial charge in [-0.2, -0.15) is 10.2 Å². The Morgan fingerprint density at radius 3 is 2.54 bits per heavy atom. The van der Waals surface area contributed by atoms with Gasteiger partial charge < -0.3 is 4.90 Å². The molecule has 1 fully saturated rings. The summed E-state index contributed by atoms with van der Waals surface area (Å²) >= 11 is 0. The number of rotatable bonds is 4. The molecule has 0 N–H and O–H groups in total. The van der Waals surface area contributed by atoms with Crippen LogP contribution < -0.4 is 0 Å². The predicted octanol–water partition coefficient (Wildman–Crippen LogP) is 4.60. The second kappa shape index (κ2) is 7.08. The van der Waals surface area contributed by atoms with Gasteiger partial charge in [-0.15, -0.1) is 0 Å². The lowest BCUT2D eigenvalue weighted by Gasteiger charge is -2.20. The minimum atomic E-state index is -0.585. The number of hydrogen-bond acceptors (Lipinski definition) is 3. The van der Waals surface area contributed by atoms with Crippen LogP contribution in [0.25, 0.3) is 22.0 Å². The van der Waals surface area contributed by atoms with Crippen molar-refractivity contribution in [3.63, 3.8) is 0 Å². The Labute approximate surface area is 151 Å². The number of hydrogen-bond donors (Lipinski definition) is 0. The van der Waals surface area contributed by atoms with Crippen LogP contribution in [0.15, 0.2) is 42.5 Å². The van der Waals surface area contributed by atoms with Crippen LogP contribution in [-0.4, -0.2) is 34.2 Å². The molecule has 3 nitrogen and oxygen atoms in total. The van der Waals surface area contributed by atoms with E-state index in [1.807, 2.05) is 18.2 Å². The highest BCUT2D eigenvalue weighted by Crippen LogP contribution is 2.25. The van der Waals surface area contributed by atoms with Crippen molar-refractivity contribution in [1.29, 1.82) is 0 Å². The van der Waals surface area contributed by atoms with Crippen molar-refractivity contribution in [3.8, 4) is 11.1 Å². The van der Waals surface area contributed by atoms with Gasteiger partial charge in [-0.05, 0) is 61.7 Å². The zero-order chi connectivity index (χ0) is 18.1. The Morgan fingerprint density at radius 2 is 1.81 bits per heavy atom. The second-order valence-electron chi connectivity index (χ2n) is 7.04. The predicted molar refractivity (Wildman–Crippen MR) is 98.9 cm³/mol. The Balaban J connectivity index is 1.56. The van der Waals surface area contributed by atoms with Crippen LogP contribution in [0.3, 0.4) is 0 Å². The molecule has 1 saturated heterocycles. The van der Waals surface area contributed by atoms with Crippen molar-refractivity contribution in [3.05, 3.63) is 59.8 Å². The summed E-state index contributed by atoms with van der Waals surface area (Å²) in [4.78, 5) is 2.49. The fourth-order valence-corrected chi connectivity index (χ4v) is 3.68. The van der Waals surface area contributed by atoms with Gasteiger partial charge in [-0.3, -0.25) is 0 Å². The molecule has 1 atom stereocenters. The van der Waals surface area contributed by atoms with E-state index in [1.165, 1.54) is 25.0 Å². The van der Waals surface area contributed by atoms with Crippen molar-refractivity contribution in [2.75, 3.05) is 13.1 Å². The minimum Gasteiger partial charge on any atom is -0.300 e. The summed E-state index contributed by atoms with van der Waals surface area (Å²) in [5.41, 5.74) is 2.92. The highest BCUT2D eigenvalue weighted by atomic mass is 19.1. The molecule has 0 aliphatic carbocycles. The van der Waals surface area contributed by atoms with Crippen LogP contribution in [0.5, 0.6) is 0 Å². The first-order chi connectivity index (χ1) is 12.6. The van der Waals surface area contributed by atoms with Crippen LogP contribution in [0, 0.1) is 11.6 Å². The van der Waals surface area contributed by atoms with Gasteiger partial charge in [-0.25, -0.2) is 8.78 Å². The number of benzene rings is 2. The number of fused-ring (bicyclic) bond motifs is 1. The Morgan fingerprint density at radius 1 is 1.00 bits per heavy atom. The fourth-order valence-electron chi connectivity index (χ4n) is 3.68. The summed E-state index contributed by atoms with van der Waals surface area (Å²) in [6.07, 6.45) is 3.42. The molecule has 134 valence electrons. The first-order valence-corrected chi connectivity index (χ1v) is 9.05. The summed E-state index contributed by atoms with van der Waals surface area (Å²) in [5.74, 6) is -1.17. The molecule has 26 heavy (non-hydrogen) atoms. The number of halogens is 2. The zero-order valence-electron chi connectivity index (χ0n) is 14.8. The lowest BCUT2D eigenvalue weighted by Crippen LogP contribution is -2.29. The van der Waals surface area contributed by atoms with Crippen molar-refractivity contribution in [2.45, 2.75) is 32.2 Å². The third-order valence-corrected chi connectivity index (χ3v) is 5.18. The molecule has 0 spiro atoms. The van der Waals surface area contributed by atoms with E-state index in [0.29, 0.717) is 11.6 Å². The SMILES string of the molecule is C[C@@H]1CCCN1CCc1cc2ccc(-c3cc(F)cc(F)c3)cc2nn1. The van der Waals surface area contributed by atoms with Gasteiger partial charge in [0.1, 0.15) is 11.6 Å². The third-order valence-electron chi connectivity index (χ3n) is 5.18. The molecule has 1 aliphatic rings. The largest absolute Gasteiger partial charge is 0.300 e. The fraction of sp³-hybridized carbons (Fsp3) is 0.333. The van der Waals surface area contributed by atoms with Gasteiger partial charge >= 0.3 is 0 Å². The molecular formula is C21H21F2N3. The van der Waals surface area contributed by atoms with E-state index in [1.54, 1.807) is 0 Å². The normalized spacial score (nSPS) is 17.9. The van der Waals surface area contributed by atoms with E-state index < -0.39 is 11.6 Å². The molecule has 2 aromatic carbocycles. The first kappa shape index (κ1) is 17.0. The van der Waals surface area contributed by atoms with Gasteiger partial charge in [-0.1, -0.05) is 12.1 Å². The van der Waals surface area contributed by atoms with Crippen molar-refractivity contribution < 1.29 is 8.78 Å². The highest BCUT2D eigenvalue weighted by molar-refractivity contribution is 5.84. The maximum atomic E-state index is 13.4. The van der Waals surface area contributed by atoms with Crippen LogP contribution >= 0.6 is 0 Å². The molecule has 0 amide bonds. The maximum absolute atomic E-state index is 13.4. The van der Waals surface area contributed by atoms with Crippen molar-refractivity contribution >= 4 is 10.9 Å². The Kier molecular flexibility index (Phi) is 4.64. The molecule has 2 heterocycles. The van der Waals surface area contributed by atoms with E-state index in [2.05, 4.69) is 28.1 Å². The monoisotopic (exact) mass is 353 g/mol. The van der Waals surface area contributed by atoms with Crippen molar-refractivity contribution in [2.24, 2.45) is 0 Å². The molecule has 1 aromatic heterocycles. The van der Waals surface area contributed by atoms with Gasteiger partial charge in [0.15, 0.2) is 0 Å². The number of likely N-dealkylation sites (tertiary alicyclic amines) is 1. The summed E-state index contributed by atoms with van der Waals surface area (Å²) < 4.78 is 26.9. The van der Waals surface area contributed by atoms with Gasteiger partial charge in [0.25, 0.3) is 0 Å². The van der Waals surface area contributed by atoms with Gasteiger partial charge in [0.2, 0.25) is 0 Å². The quantitative estimate of drug-likeness (QED) is 0.686. The lowest BCUT2D eigenvalue weighted by molar-refractivity contribution is 0.271. The third kappa shape index (κ3) is 3.58. The van der Waals surface area contributed by atoms with Crippen LogP contribution in [-0.2, 0) is 6.42 Å². The Hall–Kier alpha value is -2.40. The molecule has 5 heteroatoms. The minimum absolute atomic E-state index is 0.498. The van der Waals surface area contributed by atoms with Crippen molar-refractivity contribution in [1.82, 2.24) is 15.1 Å². The standard InChI is InChI=1S/C21H21F2N3/c1-14-3-2-7-26(14)8-6-20-11-16-5-4-15(12-21(16)25-24-20)17-9-18(22)13-19(23)10-17/h4-5,9-14H,2-3,6-8H2,1H3/t14-/m1/s1.